The molecule has 0 radical (unpaired) electrons. The number of rotatable bonds is 0. The van der Waals surface area contributed by atoms with Gasteiger partial charge in [-0.15, -0.1) is 0 Å². The number of fused-ring (bicyclic) bond motifs is 1. The van der Waals surface area contributed by atoms with Crippen molar-refractivity contribution in [3.63, 3.8) is 0 Å². The molecule has 5 nitrogen and oxygen atoms in total. The summed E-state index contributed by atoms with van der Waals surface area (Å²) in [7, 11) is 0. The fourth-order valence-corrected chi connectivity index (χ4v) is 1.20. The Bertz CT molecular complexity index is 428. The van der Waals surface area contributed by atoms with Gasteiger partial charge in [0.2, 0.25) is 5.78 Å². The van der Waals surface area contributed by atoms with Gasteiger partial charge >= 0.3 is 5.97 Å². The first kappa shape index (κ1) is 8.80. The fourth-order valence-electron chi connectivity index (χ4n) is 1.20. The summed E-state index contributed by atoms with van der Waals surface area (Å²) >= 11 is 0. The first-order chi connectivity index (χ1) is 6.59. The van der Waals surface area contributed by atoms with Crippen LogP contribution < -0.4 is 4.74 Å². The Morgan fingerprint density at radius 2 is 2.14 bits per heavy atom. The van der Waals surface area contributed by atoms with Crippen LogP contribution in [0.4, 0.5) is 0 Å². The first-order valence-electron chi connectivity index (χ1n) is 4.19. The SMILES string of the molecule is Cc1cnc2c(n1)C(=O)C(C)C(=O)O2. The molecular weight excluding hydrogens is 184 g/mol. The van der Waals surface area contributed by atoms with E-state index in [9.17, 15) is 9.59 Å². The van der Waals surface area contributed by atoms with Crippen molar-refractivity contribution >= 4 is 11.8 Å². The number of aryl methyl sites for hydroxylation is 1. The van der Waals surface area contributed by atoms with E-state index < -0.39 is 11.9 Å². The number of esters is 1. The molecular formula is C9H8N2O3. The van der Waals surface area contributed by atoms with Crippen molar-refractivity contribution in [1.82, 2.24) is 9.97 Å². The Balaban J connectivity index is 2.57. The highest BCUT2D eigenvalue weighted by Crippen LogP contribution is 2.23. The molecule has 0 N–H and O–H groups in total. The van der Waals surface area contributed by atoms with E-state index in [-0.39, 0.29) is 17.4 Å². The number of carbonyl (C=O) groups excluding carboxylic acids is 2. The van der Waals surface area contributed by atoms with Crippen LogP contribution in [0.3, 0.4) is 0 Å². The van der Waals surface area contributed by atoms with Gasteiger partial charge in [-0.05, 0) is 13.8 Å². The topological polar surface area (TPSA) is 69.2 Å². The molecule has 2 heterocycles. The van der Waals surface area contributed by atoms with Crippen LogP contribution in [0.5, 0.6) is 5.88 Å². The van der Waals surface area contributed by atoms with Crippen LogP contribution in [0.25, 0.3) is 0 Å². The average Bonchev–Trinajstić information content (AvgIpc) is 2.16. The number of nitrogens with zero attached hydrogens (tertiary/aromatic N) is 2. The monoisotopic (exact) mass is 192 g/mol. The first-order valence-corrected chi connectivity index (χ1v) is 4.19. The lowest BCUT2D eigenvalue weighted by molar-refractivity contribution is -0.137. The van der Waals surface area contributed by atoms with Gasteiger partial charge in [-0.2, -0.15) is 0 Å². The highest BCUT2D eigenvalue weighted by Gasteiger charge is 2.35. The molecule has 1 aromatic rings. The van der Waals surface area contributed by atoms with Gasteiger partial charge in [0.25, 0.3) is 5.88 Å². The van der Waals surface area contributed by atoms with Crippen molar-refractivity contribution in [2.45, 2.75) is 13.8 Å². The van der Waals surface area contributed by atoms with Crippen LogP contribution in [0.15, 0.2) is 6.20 Å². The minimum Gasteiger partial charge on any atom is -0.404 e. The largest absolute Gasteiger partial charge is 0.404 e. The van der Waals surface area contributed by atoms with Gasteiger partial charge in [0, 0.05) is 0 Å². The van der Waals surface area contributed by atoms with Gasteiger partial charge in [-0.25, -0.2) is 9.97 Å². The molecule has 72 valence electrons. The third-order valence-electron chi connectivity index (χ3n) is 2.04. The zero-order valence-corrected chi connectivity index (χ0v) is 7.77. The highest BCUT2D eigenvalue weighted by molar-refractivity contribution is 6.11. The van der Waals surface area contributed by atoms with Crippen LogP contribution in [-0.2, 0) is 4.79 Å². The summed E-state index contributed by atoms with van der Waals surface area (Å²) in [6, 6.07) is 0. The molecule has 0 aliphatic carbocycles. The summed E-state index contributed by atoms with van der Waals surface area (Å²) in [6.07, 6.45) is 1.45. The molecule has 1 aliphatic rings. The summed E-state index contributed by atoms with van der Waals surface area (Å²) in [5.74, 6) is -1.66. The lowest BCUT2D eigenvalue weighted by atomic mass is 10.0. The zero-order chi connectivity index (χ0) is 10.3. The maximum absolute atomic E-state index is 11.6. The molecule has 0 amide bonds. The summed E-state index contributed by atoms with van der Waals surface area (Å²) in [4.78, 5) is 30.5. The number of hydrogen-bond acceptors (Lipinski definition) is 5. The molecule has 0 spiro atoms. The number of ether oxygens (including phenoxy) is 1. The van der Waals surface area contributed by atoms with Gasteiger partial charge in [0.15, 0.2) is 5.69 Å². The summed E-state index contributed by atoms with van der Waals surface area (Å²) < 4.78 is 4.84. The van der Waals surface area contributed by atoms with E-state index in [1.54, 1.807) is 6.92 Å². The van der Waals surface area contributed by atoms with E-state index >= 15 is 0 Å². The van der Waals surface area contributed by atoms with Crippen molar-refractivity contribution in [2.24, 2.45) is 5.92 Å². The van der Waals surface area contributed by atoms with E-state index in [4.69, 9.17) is 4.74 Å². The molecule has 1 unspecified atom stereocenters. The second-order valence-electron chi connectivity index (χ2n) is 3.17. The van der Waals surface area contributed by atoms with Crippen molar-refractivity contribution in [2.75, 3.05) is 0 Å². The van der Waals surface area contributed by atoms with Crippen molar-refractivity contribution in [3.8, 4) is 5.88 Å². The van der Waals surface area contributed by atoms with Crippen LogP contribution in [0.2, 0.25) is 0 Å². The molecule has 2 rings (SSSR count). The van der Waals surface area contributed by atoms with E-state index in [0.717, 1.165) is 0 Å². The minimum absolute atomic E-state index is 0.0173. The maximum Gasteiger partial charge on any atom is 0.323 e. The Morgan fingerprint density at radius 1 is 1.43 bits per heavy atom. The van der Waals surface area contributed by atoms with Gasteiger partial charge in [-0.3, -0.25) is 9.59 Å². The van der Waals surface area contributed by atoms with Gasteiger partial charge in [-0.1, -0.05) is 0 Å². The Hall–Kier alpha value is -1.78. The predicted molar refractivity (Wildman–Crippen MR) is 45.9 cm³/mol. The average molecular weight is 192 g/mol. The molecule has 5 heteroatoms. The summed E-state index contributed by atoms with van der Waals surface area (Å²) in [5, 5.41) is 0. The van der Waals surface area contributed by atoms with Crippen LogP contribution in [0.1, 0.15) is 23.1 Å². The molecule has 0 fully saturated rings. The summed E-state index contributed by atoms with van der Waals surface area (Å²) in [5.41, 5.74) is 0.777. The number of ketones is 1. The van der Waals surface area contributed by atoms with Crippen LogP contribution >= 0.6 is 0 Å². The van der Waals surface area contributed by atoms with Gasteiger partial charge < -0.3 is 4.74 Å². The third-order valence-corrected chi connectivity index (χ3v) is 2.04. The molecule has 0 saturated carbocycles. The quantitative estimate of drug-likeness (QED) is 0.442. The number of Topliss-reactive ketones (excluding diaryl/α,β-unsaturated/α-hetero) is 1. The molecule has 1 atom stereocenters. The minimum atomic E-state index is -0.779. The lowest BCUT2D eigenvalue weighted by Crippen LogP contribution is -2.32. The van der Waals surface area contributed by atoms with Crippen LogP contribution in [0, 0.1) is 12.8 Å². The smallest absolute Gasteiger partial charge is 0.323 e. The molecule has 14 heavy (non-hydrogen) atoms. The fraction of sp³-hybridized carbons (Fsp3) is 0.333. The van der Waals surface area contributed by atoms with Gasteiger partial charge in [0.05, 0.1) is 11.9 Å². The van der Waals surface area contributed by atoms with Crippen molar-refractivity contribution in [3.05, 3.63) is 17.6 Å². The van der Waals surface area contributed by atoms with Crippen LogP contribution in [-0.4, -0.2) is 21.7 Å². The number of carbonyl (C=O) groups is 2. The predicted octanol–water partition coefficient (Wildman–Crippen LogP) is 0.523. The Morgan fingerprint density at radius 3 is 2.86 bits per heavy atom. The molecule has 1 aromatic heterocycles. The third kappa shape index (κ3) is 1.17. The van der Waals surface area contributed by atoms with Crippen molar-refractivity contribution in [1.29, 1.82) is 0 Å². The maximum atomic E-state index is 11.6. The van der Waals surface area contributed by atoms with Gasteiger partial charge in [0.1, 0.15) is 5.92 Å². The van der Waals surface area contributed by atoms with E-state index in [0.29, 0.717) is 5.69 Å². The molecule has 0 aromatic carbocycles. The number of aromatic nitrogens is 2. The highest BCUT2D eigenvalue weighted by atomic mass is 16.5. The molecule has 0 saturated heterocycles. The van der Waals surface area contributed by atoms with Crippen molar-refractivity contribution < 1.29 is 14.3 Å². The lowest BCUT2D eigenvalue weighted by Gasteiger charge is -2.17. The zero-order valence-electron chi connectivity index (χ0n) is 7.77. The van der Waals surface area contributed by atoms with E-state index in [1.165, 1.54) is 13.1 Å². The number of hydrogen-bond donors (Lipinski definition) is 0. The van der Waals surface area contributed by atoms with E-state index in [1.807, 2.05) is 0 Å². The molecule has 1 aliphatic heterocycles. The van der Waals surface area contributed by atoms with E-state index in [2.05, 4.69) is 9.97 Å². The standard InChI is InChI=1S/C9H8N2O3/c1-4-3-10-8-6(11-4)7(12)5(2)9(13)14-8/h3,5H,1-2H3. The second-order valence-corrected chi connectivity index (χ2v) is 3.17. The second kappa shape index (κ2) is 2.87. The Kier molecular flexibility index (Phi) is 1.80. The molecule has 0 bridgehead atoms. The Labute approximate surface area is 80.1 Å². The summed E-state index contributed by atoms with van der Waals surface area (Å²) in [6.45, 7) is 3.22. The normalized spacial score (nSPS) is 20.3.